The van der Waals surface area contributed by atoms with Crippen LogP contribution >= 0.6 is 0 Å². The lowest BCUT2D eigenvalue weighted by molar-refractivity contribution is 0.745. The van der Waals surface area contributed by atoms with E-state index < -0.39 is 5.41 Å². The summed E-state index contributed by atoms with van der Waals surface area (Å²) < 4.78 is 4.78. The molecular formula is C67H46N2. The van der Waals surface area contributed by atoms with Gasteiger partial charge < -0.3 is 9.13 Å². The van der Waals surface area contributed by atoms with E-state index in [9.17, 15) is 0 Å². The topological polar surface area (TPSA) is 9.86 Å². The maximum Gasteiger partial charge on any atom is 0.0701 e. The van der Waals surface area contributed by atoms with Gasteiger partial charge >= 0.3 is 0 Å². The Kier molecular flexibility index (Phi) is 9.77. The van der Waals surface area contributed by atoms with Crippen LogP contribution in [0, 0.1) is 0 Å². The summed E-state index contributed by atoms with van der Waals surface area (Å²) >= 11 is 0. The molecule has 2 heteroatoms. The molecule has 0 fully saturated rings. The Bertz CT molecular complexity index is 3860. The van der Waals surface area contributed by atoms with Crippen LogP contribution in [0.5, 0.6) is 0 Å². The van der Waals surface area contributed by atoms with Crippen LogP contribution in [0.1, 0.15) is 22.3 Å². The van der Waals surface area contributed by atoms with Gasteiger partial charge in [-0.3, -0.25) is 0 Å². The van der Waals surface area contributed by atoms with Crippen molar-refractivity contribution in [3.05, 3.63) is 301 Å². The number of fused-ring (bicyclic) bond motifs is 6. The van der Waals surface area contributed by atoms with E-state index in [4.69, 9.17) is 0 Å². The number of nitrogens with zero attached hydrogens (tertiary/aromatic N) is 2. The van der Waals surface area contributed by atoms with Crippen LogP contribution in [0.15, 0.2) is 279 Å². The molecule has 0 unspecified atom stereocenters. The number of hydrogen-bond acceptors (Lipinski definition) is 0. The van der Waals surface area contributed by atoms with Crippen molar-refractivity contribution in [2.24, 2.45) is 0 Å². The van der Waals surface area contributed by atoms with Crippen molar-refractivity contribution in [1.29, 1.82) is 0 Å². The smallest absolute Gasteiger partial charge is 0.0701 e. The zero-order chi connectivity index (χ0) is 45.7. The SMILES string of the molecule is c1ccc(-n2c3ccccc3c3cc(-c4ccc(-c5ccc6c(c5)c5ccccc5n6-c5ccc(-c6cccc(C(c7ccccc7)(c7ccccc7)c7ccccc7)c6)cc5)cc4)ccc32)cc1. The van der Waals surface area contributed by atoms with Crippen molar-refractivity contribution < 1.29 is 0 Å². The summed E-state index contributed by atoms with van der Waals surface area (Å²) in [6.07, 6.45) is 0. The maximum atomic E-state index is 2.41. The molecule has 0 aliphatic carbocycles. The van der Waals surface area contributed by atoms with E-state index in [1.54, 1.807) is 0 Å². The number of para-hydroxylation sites is 3. The second kappa shape index (κ2) is 16.7. The molecule has 0 aliphatic heterocycles. The first-order valence-corrected chi connectivity index (χ1v) is 23.8. The summed E-state index contributed by atoms with van der Waals surface area (Å²) in [6.45, 7) is 0. The third-order valence-electron chi connectivity index (χ3n) is 14.3. The number of hydrogen-bond donors (Lipinski definition) is 0. The molecule has 0 atom stereocenters. The lowest BCUT2D eigenvalue weighted by Crippen LogP contribution is -2.31. The van der Waals surface area contributed by atoms with Crippen LogP contribution in [-0.2, 0) is 5.41 Å². The molecular weight excluding hydrogens is 833 g/mol. The third-order valence-corrected chi connectivity index (χ3v) is 14.3. The molecule has 0 aliphatic rings. The number of benzene rings is 11. The molecule has 0 bridgehead atoms. The Hall–Kier alpha value is -8.98. The second-order valence-corrected chi connectivity index (χ2v) is 18.1. The van der Waals surface area contributed by atoms with Crippen molar-refractivity contribution in [2.75, 3.05) is 0 Å². The van der Waals surface area contributed by atoms with Crippen LogP contribution in [-0.4, -0.2) is 9.13 Å². The van der Waals surface area contributed by atoms with Gasteiger partial charge in [0.2, 0.25) is 0 Å². The molecule has 0 N–H and O–H groups in total. The maximum absolute atomic E-state index is 2.41. The average Bonchev–Trinajstić information content (AvgIpc) is 3.95. The van der Waals surface area contributed by atoms with E-state index in [1.165, 1.54) is 105 Å². The quantitative estimate of drug-likeness (QED) is 0.128. The highest BCUT2D eigenvalue weighted by Gasteiger charge is 2.38. The van der Waals surface area contributed by atoms with Crippen LogP contribution in [0.2, 0.25) is 0 Å². The van der Waals surface area contributed by atoms with Gasteiger partial charge in [0, 0.05) is 32.9 Å². The largest absolute Gasteiger partial charge is 0.309 e. The van der Waals surface area contributed by atoms with E-state index in [2.05, 4.69) is 288 Å². The molecule has 0 saturated carbocycles. The summed E-state index contributed by atoms with van der Waals surface area (Å²) in [5, 5.41) is 5.00. The lowest BCUT2D eigenvalue weighted by atomic mass is 9.65. The molecule has 69 heavy (non-hydrogen) atoms. The molecule has 13 rings (SSSR count). The highest BCUT2D eigenvalue weighted by atomic mass is 15.0. The van der Waals surface area contributed by atoms with Gasteiger partial charge in [-0.05, 0) is 122 Å². The second-order valence-electron chi connectivity index (χ2n) is 18.1. The average molecular weight is 879 g/mol. The van der Waals surface area contributed by atoms with Crippen molar-refractivity contribution in [3.8, 4) is 44.8 Å². The van der Waals surface area contributed by atoms with E-state index in [0.29, 0.717) is 0 Å². The van der Waals surface area contributed by atoms with Crippen molar-refractivity contribution in [2.45, 2.75) is 5.41 Å². The monoisotopic (exact) mass is 878 g/mol. The summed E-state index contributed by atoms with van der Waals surface area (Å²) in [5.74, 6) is 0. The normalized spacial score (nSPS) is 11.8. The predicted molar refractivity (Wildman–Crippen MR) is 290 cm³/mol. The molecule has 0 amide bonds. The van der Waals surface area contributed by atoms with Crippen LogP contribution in [0.3, 0.4) is 0 Å². The molecule has 324 valence electrons. The first kappa shape index (κ1) is 40.3. The zero-order valence-corrected chi connectivity index (χ0v) is 38.0. The van der Waals surface area contributed by atoms with Gasteiger partial charge in [0.1, 0.15) is 0 Å². The van der Waals surface area contributed by atoms with Gasteiger partial charge in [0.05, 0.1) is 27.5 Å². The highest BCUT2D eigenvalue weighted by Crippen LogP contribution is 2.46. The molecule has 0 radical (unpaired) electrons. The van der Waals surface area contributed by atoms with Crippen LogP contribution < -0.4 is 0 Å². The summed E-state index contributed by atoms with van der Waals surface area (Å²) in [5.41, 5.74) is 18.7. The Morgan fingerprint density at radius 3 is 1.00 bits per heavy atom. The zero-order valence-electron chi connectivity index (χ0n) is 38.0. The lowest BCUT2D eigenvalue weighted by Gasteiger charge is -2.37. The fourth-order valence-electron chi connectivity index (χ4n) is 11.1. The summed E-state index contributed by atoms with van der Waals surface area (Å²) in [4.78, 5) is 0. The first-order valence-electron chi connectivity index (χ1n) is 23.8. The van der Waals surface area contributed by atoms with Crippen LogP contribution in [0.4, 0.5) is 0 Å². The Labute approximate surface area is 402 Å². The molecule has 13 aromatic rings. The fraction of sp³-hybridized carbons (Fsp3) is 0.0149. The minimum atomic E-state index is -0.509. The van der Waals surface area contributed by atoms with Gasteiger partial charge in [0.25, 0.3) is 0 Å². The van der Waals surface area contributed by atoms with E-state index >= 15 is 0 Å². The molecule has 11 aromatic carbocycles. The minimum absolute atomic E-state index is 0.509. The number of aromatic nitrogens is 2. The predicted octanol–water partition coefficient (Wildman–Crippen LogP) is 17.3. The van der Waals surface area contributed by atoms with Gasteiger partial charge in [-0.15, -0.1) is 0 Å². The summed E-state index contributed by atoms with van der Waals surface area (Å²) in [6, 6.07) is 102. The van der Waals surface area contributed by atoms with Gasteiger partial charge in [-0.25, -0.2) is 0 Å². The molecule has 2 nitrogen and oxygen atoms in total. The highest BCUT2D eigenvalue weighted by molar-refractivity contribution is 6.11. The van der Waals surface area contributed by atoms with E-state index in [-0.39, 0.29) is 0 Å². The van der Waals surface area contributed by atoms with E-state index in [1.807, 2.05) is 0 Å². The first-order chi connectivity index (χ1) is 34.2. The molecule has 2 aromatic heterocycles. The van der Waals surface area contributed by atoms with Crippen molar-refractivity contribution in [3.63, 3.8) is 0 Å². The molecule has 2 heterocycles. The fourth-order valence-corrected chi connectivity index (χ4v) is 11.1. The van der Waals surface area contributed by atoms with Gasteiger partial charge in [-0.1, -0.05) is 212 Å². The third kappa shape index (κ3) is 6.72. The van der Waals surface area contributed by atoms with Crippen molar-refractivity contribution in [1.82, 2.24) is 9.13 Å². The Balaban J connectivity index is 0.842. The number of rotatable bonds is 9. The van der Waals surface area contributed by atoms with Crippen molar-refractivity contribution >= 4 is 43.6 Å². The van der Waals surface area contributed by atoms with E-state index in [0.717, 1.165) is 5.69 Å². The summed E-state index contributed by atoms with van der Waals surface area (Å²) in [7, 11) is 0. The minimum Gasteiger partial charge on any atom is -0.309 e. The Morgan fingerprint density at radius 1 is 0.203 bits per heavy atom. The van der Waals surface area contributed by atoms with Crippen LogP contribution in [0.25, 0.3) is 88.4 Å². The molecule has 0 spiro atoms. The van der Waals surface area contributed by atoms with Gasteiger partial charge in [-0.2, -0.15) is 0 Å². The van der Waals surface area contributed by atoms with Gasteiger partial charge in [0.15, 0.2) is 0 Å². The Morgan fingerprint density at radius 2 is 0.536 bits per heavy atom. The standard InChI is InChI=1S/C67H46N2/c1-5-19-53(20-6-1)67(54-21-7-2-8-22-54,55-23-9-3-10-24-55)56-25-17-18-50(44-56)49-36-40-58(41-37-49)69-64-31-16-14-29-60(64)62-46-52(39-43-66(62)69)48-34-32-47(33-35-48)51-38-42-65-61(45-51)59-28-13-15-30-63(59)68(65)57-26-11-4-12-27-57/h1-46H. The molecule has 0 saturated heterocycles.